The summed E-state index contributed by atoms with van der Waals surface area (Å²) in [4.78, 5) is 34.3. The van der Waals surface area contributed by atoms with E-state index in [1.54, 1.807) is 42.5 Å². The lowest BCUT2D eigenvalue weighted by Gasteiger charge is -2.10. The van der Waals surface area contributed by atoms with Gasteiger partial charge < -0.3 is 14.8 Å². The van der Waals surface area contributed by atoms with Gasteiger partial charge in [-0.3, -0.25) is 9.59 Å². The van der Waals surface area contributed by atoms with Crippen LogP contribution in [-0.4, -0.2) is 31.4 Å². The first-order valence-electron chi connectivity index (χ1n) is 7.38. The fraction of sp³-hybridized carbons (Fsp3) is 0.167. The maximum Gasteiger partial charge on any atom is 0.344 e. The Balaban J connectivity index is 1.80. The van der Waals surface area contributed by atoms with Crippen LogP contribution in [0.1, 0.15) is 15.9 Å². The SMILES string of the molecule is Cc1ccc(Cl)cc1NC(=O)COC(=O)COc1ccccc1C=O. The summed E-state index contributed by atoms with van der Waals surface area (Å²) in [7, 11) is 0. The number of nitrogens with one attached hydrogen (secondary N) is 1. The highest BCUT2D eigenvalue weighted by molar-refractivity contribution is 6.31. The van der Waals surface area contributed by atoms with Crippen molar-refractivity contribution in [2.24, 2.45) is 0 Å². The molecule has 0 atom stereocenters. The summed E-state index contributed by atoms with van der Waals surface area (Å²) < 4.78 is 10.1. The Hall–Kier alpha value is -2.86. The topological polar surface area (TPSA) is 81.7 Å². The quantitative estimate of drug-likeness (QED) is 0.605. The Labute approximate surface area is 149 Å². The zero-order valence-electron chi connectivity index (χ0n) is 13.5. The second-order valence-corrected chi connectivity index (χ2v) is 5.55. The normalized spacial score (nSPS) is 10.0. The third kappa shape index (κ3) is 5.61. The number of aryl methyl sites for hydroxylation is 1. The third-order valence-electron chi connectivity index (χ3n) is 3.23. The van der Waals surface area contributed by atoms with Gasteiger partial charge in [-0.25, -0.2) is 4.79 Å². The molecule has 6 nitrogen and oxygen atoms in total. The highest BCUT2D eigenvalue weighted by Gasteiger charge is 2.11. The van der Waals surface area contributed by atoms with Gasteiger partial charge in [-0.15, -0.1) is 0 Å². The van der Waals surface area contributed by atoms with Crippen LogP contribution in [0.2, 0.25) is 5.02 Å². The average Bonchev–Trinajstić information content (AvgIpc) is 2.61. The van der Waals surface area contributed by atoms with Crippen molar-refractivity contribution in [1.29, 1.82) is 0 Å². The molecule has 0 aliphatic carbocycles. The summed E-state index contributed by atoms with van der Waals surface area (Å²) >= 11 is 5.87. The number of amides is 1. The summed E-state index contributed by atoms with van der Waals surface area (Å²) in [5.41, 5.74) is 1.70. The minimum atomic E-state index is -0.723. The van der Waals surface area contributed by atoms with Crippen molar-refractivity contribution in [1.82, 2.24) is 0 Å². The number of carbonyl (C=O) groups is 3. The molecule has 7 heteroatoms. The van der Waals surface area contributed by atoms with Crippen LogP contribution >= 0.6 is 11.6 Å². The third-order valence-corrected chi connectivity index (χ3v) is 3.46. The van der Waals surface area contributed by atoms with E-state index in [4.69, 9.17) is 21.1 Å². The minimum Gasteiger partial charge on any atom is -0.481 e. The van der Waals surface area contributed by atoms with Gasteiger partial charge in [-0.1, -0.05) is 29.8 Å². The smallest absolute Gasteiger partial charge is 0.344 e. The summed E-state index contributed by atoms with van der Waals surface area (Å²) in [6, 6.07) is 11.6. The van der Waals surface area contributed by atoms with E-state index in [0.29, 0.717) is 22.6 Å². The molecule has 0 aliphatic rings. The van der Waals surface area contributed by atoms with Gasteiger partial charge in [0.15, 0.2) is 19.5 Å². The van der Waals surface area contributed by atoms with Crippen LogP contribution in [0.3, 0.4) is 0 Å². The van der Waals surface area contributed by atoms with Crippen LogP contribution < -0.4 is 10.1 Å². The lowest BCUT2D eigenvalue weighted by molar-refractivity contribution is -0.149. The summed E-state index contributed by atoms with van der Waals surface area (Å²) in [6.07, 6.45) is 0.626. The molecule has 130 valence electrons. The molecule has 2 aromatic carbocycles. The monoisotopic (exact) mass is 361 g/mol. The molecule has 0 bridgehead atoms. The number of hydrogen-bond acceptors (Lipinski definition) is 5. The van der Waals surface area contributed by atoms with Crippen molar-refractivity contribution in [2.45, 2.75) is 6.92 Å². The highest BCUT2D eigenvalue weighted by Crippen LogP contribution is 2.20. The molecule has 0 saturated carbocycles. The van der Waals surface area contributed by atoms with Gasteiger partial charge >= 0.3 is 5.97 Å². The number of carbonyl (C=O) groups excluding carboxylic acids is 3. The summed E-state index contributed by atoms with van der Waals surface area (Å²) in [6.45, 7) is 0.952. The molecule has 0 radical (unpaired) electrons. The van der Waals surface area contributed by atoms with Crippen LogP contribution in [-0.2, 0) is 14.3 Å². The number of anilines is 1. The molecule has 2 rings (SSSR count). The molecule has 1 N–H and O–H groups in total. The Morgan fingerprint density at radius 1 is 1.16 bits per heavy atom. The predicted octanol–water partition coefficient (Wildman–Crippen LogP) is 3.02. The number of benzene rings is 2. The molecule has 0 unspecified atom stereocenters. The van der Waals surface area contributed by atoms with E-state index in [0.717, 1.165) is 5.56 Å². The number of rotatable bonds is 7. The molecule has 0 aliphatic heterocycles. The largest absolute Gasteiger partial charge is 0.481 e. The number of esters is 1. The predicted molar refractivity (Wildman–Crippen MR) is 93.1 cm³/mol. The van der Waals surface area contributed by atoms with E-state index >= 15 is 0 Å². The van der Waals surface area contributed by atoms with Gasteiger partial charge in [-0.05, 0) is 36.8 Å². The molecular weight excluding hydrogens is 346 g/mol. The lowest BCUT2D eigenvalue weighted by atomic mass is 10.2. The zero-order valence-corrected chi connectivity index (χ0v) is 14.2. The molecule has 0 spiro atoms. The minimum absolute atomic E-state index is 0.272. The van der Waals surface area contributed by atoms with E-state index in [9.17, 15) is 14.4 Å². The van der Waals surface area contributed by atoms with Crippen molar-refractivity contribution < 1.29 is 23.9 Å². The number of para-hydroxylation sites is 1. The first-order chi connectivity index (χ1) is 12.0. The van der Waals surface area contributed by atoms with E-state index in [1.165, 1.54) is 0 Å². The van der Waals surface area contributed by atoms with Gasteiger partial charge in [0.2, 0.25) is 0 Å². The van der Waals surface area contributed by atoms with Crippen molar-refractivity contribution in [3.63, 3.8) is 0 Å². The van der Waals surface area contributed by atoms with Crippen LogP contribution in [0.5, 0.6) is 5.75 Å². The van der Waals surface area contributed by atoms with Crippen LogP contribution in [0, 0.1) is 6.92 Å². The van der Waals surface area contributed by atoms with Gasteiger partial charge in [0.25, 0.3) is 5.91 Å². The Bertz CT molecular complexity index is 791. The first-order valence-corrected chi connectivity index (χ1v) is 7.76. The van der Waals surface area contributed by atoms with E-state index in [-0.39, 0.29) is 5.75 Å². The van der Waals surface area contributed by atoms with Crippen molar-refractivity contribution in [2.75, 3.05) is 18.5 Å². The van der Waals surface area contributed by atoms with Crippen LogP contribution in [0.15, 0.2) is 42.5 Å². The Kier molecular flexibility index (Phi) is 6.54. The molecule has 2 aromatic rings. The molecule has 0 saturated heterocycles. The van der Waals surface area contributed by atoms with Crippen molar-refractivity contribution in [3.05, 3.63) is 58.6 Å². The van der Waals surface area contributed by atoms with Gasteiger partial charge in [0, 0.05) is 10.7 Å². The fourth-order valence-corrected chi connectivity index (χ4v) is 2.12. The van der Waals surface area contributed by atoms with E-state index in [2.05, 4.69) is 5.32 Å². The summed E-state index contributed by atoms with van der Waals surface area (Å²) in [5, 5.41) is 3.10. The molecule has 0 aromatic heterocycles. The van der Waals surface area contributed by atoms with Crippen LogP contribution in [0.25, 0.3) is 0 Å². The van der Waals surface area contributed by atoms with Crippen LogP contribution in [0.4, 0.5) is 5.69 Å². The summed E-state index contributed by atoms with van der Waals surface area (Å²) in [5.74, 6) is -0.945. The fourth-order valence-electron chi connectivity index (χ4n) is 1.95. The lowest BCUT2D eigenvalue weighted by Crippen LogP contribution is -2.24. The first kappa shape index (κ1) is 18.5. The number of hydrogen-bond donors (Lipinski definition) is 1. The van der Waals surface area contributed by atoms with Crippen molar-refractivity contribution in [3.8, 4) is 5.75 Å². The van der Waals surface area contributed by atoms with E-state index in [1.807, 2.05) is 6.92 Å². The Morgan fingerprint density at radius 3 is 2.68 bits per heavy atom. The number of halogens is 1. The second-order valence-electron chi connectivity index (χ2n) is 5.11. The number of ether oxygens (including phenoxy) is 2. The maximum absolute atomic E-state index is 11.8. The van der Waals surface area contributed by atoms with E-state index < -0.39 is 25.1 Å². The molecule has 0 fully saturated rings. The van der Waals surface area contributed by atoms with Crippen molar-refractivity contribution >= 4 is 35.5 Å². The standard InChI is InChI=1S/C18H16ClNO5/c1-12-6-7-14(19)8-15(12)20-17(22)10-25-18(23)11-24-16-5-3-2-4-13(16)9-21/h2-9H,10-11H2,1H3,(H,20,22). The molecule has 0 heterocycles. The molecule has 25 heavy (non-hydrogen) atoms. The maximum atomic E-state index is 11.8. The second kappa shape index (κ2) is 8.84. The highest BCUT2D eigenvalue weighted by atomic mass is 35.5. The molecular formula is C18H16ClNO5. The van der Waals surface area contributed by atoms with Gasteiger partial charge in [0.05, 0.1) is 5.56 Å². The zero-order chi connectivity index (χ0) is 18.2. The average molecular weight is 362 g/mol. The number of aldehydes is 1. The van der Waals surface area contributed by atoms with Gasteiger partial charge in [0.1, 0.15) is 5.75 Å². The molecule has 1 amide bonds. The Morgan fingerprint density at radius 2 is 1.92 bits per heavy atom. The van der Waals surface area contributed by atoms with Gasteiger partial charge in [-0.2, -0.15) is 0 Å².